The minimum absolute atomic E-state index is 0.0610. The highest BCUT2D eigenvalue weighted by Gasteiger charge is 2.21. The van der Waals surface area contributed by atoms with Crippen LogP contribution in [0.1, 0.15) is 10.4 Å². The quantitative estimate of drug-likeness (QED) is 0.401. The zero-order valence-electron chi connectivity index (χ0n) is 9.96. The summed E-state index contributed by atoms with van der Waals surface area (Å²) in [4.78, 5) is 30.9. The first-order valence-corrected chi connectivity index (χ1v) is 5.20. The van der Waals surface area contributed by atoms with Gasteiger partial charge in [-0.2, -0.15) is 0 Å². The average molecular weight is 287 g/mol. The van der Waals surface area contributed by atoms with E-state index in [0.717, 1.165) is 6.07 Å². The van der Waals surface area contributed by atoms with Crippen LogP contribution in [0.2, 0.25) is 0 Å². The molecule has 0 saturated heterocycles. The third-order valence-corrected chi connectivity index (χ3v) is 2.17. The van der Waals surface area contributed by atoms with Crippen LogP contribution in [-0.2, 0) is 4.74 Å². The van der Waals surface area contributed by atoms with E-state index in [-0.39, 0.29) is 18.8 Å². The summed E-state index contributed by atoms with van der Waals surface area (Å²) in [5.41, 5.74) is 3.16. The number of benzene rings is 1. The normalized spacial score (nSPS) is 9.85. The maximum atomic E-state index is 13.3. The third-order valence-electron chi connectivity index (χ3n) is 2.17. The molecule has 0 heterocycles. The van der Waals surface area contributed by atoms with Gasteiger partial charge < -0.3 is 20.9 Å². The average Bonchev–Trinajstić information content (AvgIpc) is 2.34. The topological polar surface area (TPSA) is 145 Å². The van der Waals surface area contributed by atoms with Gasteiger partial charge in [0.05, 0.1) is 16.6 Å². The van der Waals surface area contributed by atoms with Gasteiger partial charge in [-0.15, -0.1) is 0 Å². The molecule has 20 heavy (non-hydrogen) atoms. The molecule has 1 rings (SSSR count). The zero-order chi connectivity index (χ0) is 15.3. The Morgan fingerprint density at radius 1 is 1.50 bits per heavy atom. The van der Waals surface area contributed by atoms with E-state index in [1.807, 2.05) is 0 Å². The number of rotatable bonds is 6. The molecule has 10 heteroatoms. The molecule has 0 bridgehead atoms. The summed E-state index contributed by atoms with van der Waals surface area (Å²) in [6.07, 6.45) is -1.02. The number of hydrogen-bond acceptors (Lipinski definition) is 6. The predicted molar refractivity (Wildman–Crippen MR) is 64.0 cm³/mol. The molecule has 0 aliphatic rings. The SMILES string of the molecule is NC(=O)OCCNc1cc(C(=O)O)c(F)cc1[N+](=O)[O-]. The summed E-state index contributed by atoms with van der Waals surface area (Å²) < 4.78 is 17.7. The minimum Gasteiger partial charge on any atom is -0.478 e. The van der Waals surface area contributed by atoms with E-state index in [4.69, 9.17) is 10.8 Å². The van der Waals surface area contributed by atoms with E-state index >= 15 is 0 Å². The molecule has 1 aromatic carbocycles. The largest absolute Gasteiger partial charge is 0.478 e. The second-order valence-corrected chi connectivity index (χ2v) is 3.51. The van der Waals surface area contributed by atoms with Gasteiger partial charge in [-0.05, 0) is 6.07 Å². The molecule has 9 nitrogen and oxygen atoms in total. The summed E-state index contributed by atoms with van der Waals surface area (Å²) in [5, 5.41) is 22.0. The Morgan fingerprint density at radius 3 is 2.65 bits per heavy atom. The van der Waals surface area contributed by atoms with E-state index in [9.17, 15) is 24.1 Å². The Bertz CT molecular complexity index is 562. The fraction of sp³-hybridized carbons (Fsp3) is 0.200. The van der Waals surface area contributed by atoms with Crippen molar-refractivity contribution < 1.29 is 28.7 Å². The molecule has 0 spiro atoms. The van der Waals surface area contributed by atoms with Crippen LogP contribution >= 0.6 is 0 Å². The number of amides is 1. The number of hydrogen-bond donors (Lipinski definition) is 3. The van der Waals surface area contributed by atoms with Crippen LogP contribution in [0.5, 0.6) is 0 Å². The zero-order valence-corrected chi connectivity index (χ0v) is 9.96. The Labute approximate surface area is 111 Å². The molecule has 0 aliphatic heterocycles. The lowest BCUT2D eigenvalue weighted by Crippen LogP contribution is -2.19. The van der Waals surface area contributed by atoms with Crippen molar-refractivity contribution in [1.82, 2.24) is 0 Å². The highest BCUT2D eigenvalue weighted by molar-refractivity contribution is 5.90. The van der Waals surface area contributed by atoms with Crippen molar-refractivity contribution in [2.24, 2.45) is 5.73 Å². The molecule has 4 N–H and O–H groups in total. The molecule has 1 aromatic rings. The second-order valence-electron chi connectivity index (χ2n) is 3.51. The Hall–Kier alpha value is -2.91. The Balaban J connectivity index is 2.96. The van der Waals surface area contributed by atoms with Gasteiger partial charge in [-0.3, -0.25) is 10.1 Å². The van der Waals surface area contributed by atoms with Crippen molar-refractivity contribution in [2.75, 3.05) is 18.5 Å². The number of carbonyl (C=O) groups is 2. The van der Waals surface area contributed by atoms with Crippen LogP contribution in [0.4, 0.5) is 20.6 Å². The van der Waals surface area contributed by atoms with Crippen LogP contribution in [0.25, 0.3) is 0 Å². The summed E-state index contributed by atoms with van der Waals surface area (Å²) in [5.74, 6) is -2.78. The van der Waals surface area contributed by atoms with Crippen LogP contribution in [0.15, 0.2) is 12.1 Å². The number of ether oxygens (including phenoxy) is 1. The van der Waals surface area contributed by atoms with E-state index in [0.29, 0.717) is 6.07 Å². The molecule has 0 atom stereocenters. The van der Waals surface area contributed by atoms with Crippen LogP contribution in [-0.4, -0.2) is 35.2 Å². The number of halogens is 1. The number of nitro groups is 1. The number of nitrogens with two attached hydrogens (primary N) is 1. The Morgan fingerprint density at radius 2 is 2.15 bits per heavy atom. The van der Waals surface area contributed by atoms with Crippen molar-refractivity contribution in [3.63, 3.8) is 0 Å². The number of carbonyl (C=O) groups excluding carboxylic acids is 1. The molecule has 0 fully saturated rings. The standard InChI is InChI=1S/C10H10FN3O6/c11-6-4-8(14(18)19)7(3-5(6)9(15)16)13-1-2-20-10(12)17/h3-4,13H,1-2H2,(H2,12,17)(H,15,16). The molecule has 0 aromatic heterocycles. The van der Waals surface area contributed by atoms with Gasteiger partial charge in [0.25, 0.3) is 5.69 Å². The number of nitrogens with zero attached hydrogens (tertiary/aromatic N) is 1. The van der Waals surface area contributed by atoms with Gasteiger partial charge in [0, 0.05) is 6.54 Å². The van der Waals surface area contributed by atoms with E-state index in [1.165, 1.54) is 0 Å². The van der Waals surface area contributed by atoms with Crippen LogP contribution < -0.4 is 11.1 Å². The second kappa shape index (κ2) is 6.31. The van der Waals surface area contributed by atoms with Gasteiger partial charge >= 0.3 is 12.1 Å². The van der Waals surface area contributed by atoms with Gasteiger partial charge in [-0.1, -0.05) is 0 Å². The monoisotopic (exact) mass is 287 g/mol. The smallest absolute Gasteiger partial charge is 0.404 e. The van der Waals surface area contributed by atoms with Crippen LogP contribution in [0.3, 0.4) is 0 Å². The Kier molecular flexibility index (Phi) is 4.78. The number of anilines is 1. The lowest BCUT2D eigenvalue weighted by atomic mass is 10.1. The van der Waals surface area contributed by atoms with Crippen molar-refractivity contribution in [3.8, 4) is 0 Å². The molecule has 0 unspecified atom stereocenters. The first kappa shape index (κ1) is 15.1. The summed E-state index contributed by atoms with van der Waals surface area (Å²) in [7, 11) is 0. The number of carboxylic acid groups (broad SMARTS) is 1. The fourth-order valence-electron chi connectivity index (χ4n) is 1.36. The van der Waals surface area contributed by atoms with Crippen molar-refractivity contribution in [3.05, 3.63) is 33.6 Å². The number of nitro benzene ring substituents is 1. The lowest BCUT2D eigenvalue weighted by molar-refractivity contribution is -0.384. The molecule has 1 amide bonds. The molecule has 0 saturated carbocycles. The molecular formula is C10H10FN3O6. The number of carboxylic acids is 1. The molecule has 0 radical (unpaired) electrons. The van der Waals surface area contributed by atoms with Crippen LogP contribution in [0, 0.1) is 15.9 Å². The van der Waals surface area contributed by atoms with E-state index in [1.54, 1.807) is 0 Å². The van der Waals surface area contributed by atoms with Gasteiger partial charge in [0.2, 0.25) is 0 Å². The van der Waals surface area contributed by atoms with Crippen molar-refractivity contribution >= 4 is 23.4 Å². The highest BCUT2D eigenvalue weighted by atomic mass is 19.1. The van der Waals surface area contributed by atoms with Crippen molar-refractivity contribution in [1.29, 1.82) is 0 Å². The maximum absolute atomic E-state index is 13.3. The molecular weight excluding hydrogens is 277 g/mol. The number of aromatic carboxylic acids is 1. The maximum Gasteiger partial charge on any atom is 0.404 e. The fourth-order valence-corrected chi connectivity index (χ4v) is 1.36. The third kappa shape index (κ3) is 3.80. The number of nitrogens with one attached hydrogen (secondary N) is 1. The predicted octanol–water partition coefficient (Wildman–Crippen LogP) is 0.939. The van der Waals surface area contributed by atoms with E-state index in [2.05, 4.69) is 10.1 Å². The summed E-state index contributed by atoms with van der Waals surface area (Å²) in [6, 6.07) is 1.29. The summed E-state index contributed by atoms with van der Waals surface area (Å²) >= 11 is 0. The first-order chi connectivity index (χ1) is 9.32. The molecule has 0 aliphatic carbocycles. The van der Waals surface area contributed by atoms with Gasteiger partial charge in [0.1, 0.15) is 18.1 Å². The highest BCUT2D eigenvalue weighted by Crippen LogP contribution is 2.27. The van der Waals surface area contributed by atoms with Gasteiger partial charge in [-0.25, -0.2) is 14.0 Å². The number of primary amides is 1. The summed E-state index contributed by atoms with van der Waals surface area (Å²) in [6.45, 7) is -0.249. The van der Waals surface area contributed by atoms with Gasteiger partial charge in [0.15, 0.2) is 0 Å². The first-order valence-electron chi connectivity index (χ1n) is 5.20. The minimum atomic E-state index is -1.56. The molecule has 108 valence electrons. The lowest BCUT2D eigenvalue weighted by Gasteiger charge is -2.08. The van der Waals surface area contributed by atoms with Crippen molar-refractivity contribution in [2.45, 2.75) is 0 Å². The van der Waals surface area contributed by atoms with E-state index < -0.39 is 34.1 Å².